The lowest BCUT2D eigenvalue weighted by molar-refractivity contribution is -0.118. The van der Waals surface area contributed by atoms with Gasteiger partial charge >= 0.3 is 5.69 Å². The Morgan fingerprint density at radius 3 is 2.45 bits per heavy atom. The molecule has 0 aliphatic carbocycles. The molecule has 8 nitrogen and oxygen atoms in total. The van der Waals surface area contributed by atoms with Crippen molar-refractivity contribution in [2.45, 2.75) is 26.3 Å². The Kier molecular flexibility index (Phi) is 6.92. The minimum atomic E-state index is -0.686. The van der Waals surface area contributed by atoms with Gasteiger partial charge in [0.25, 0.3) is 5.56 Å². The number of ether oxygens (including phenoxy) is 1. The van der Waals surface area contributed by atoms with Crippen molar-refractivity contribution in [2.75, 3.05) is 24.3 Å². The Hall–Kier alpha value is -3.81. The van der Waals surface area contributed by atoms with Crippen LogP contribution in [-0.2, 0) is 17.8 Å². The molecule has 0 aliphatic heterocycles. The number of nitrogens with one attached hydrogen (secondary N) is 1. The lowest BCUT2D eigenvalue weighted by Gasteiger charge is -2.24. The molecule has 3 rings (SSSR count). The van der Waals surface area contributed by atoms with Crippen LogP contribution in [0.5, 0.6) is 5.75 Å². The molecule has 0 saturated heterocycles. The summed E-state index contributed by atoms with van der Waals surface area (Å²) in [6.07, 6.45) is 0.634. The first-order valence-electron chi connectivity index (χ1n) is 10.0. The number of aromatic nitrogens is 2. The van der Waals surface area contributed by atoms with E-state index in [9.17, 15) is 14.4 Å². The molecule has 0 fully saturated rings. The van der Waals surface area contributed by atoms with Crippen molar-refractivity contribution in [1.29, 1.82) is 0 Å². The van der Waals surface area contributed by atoms with Gasteiger partial charge in [-0.15, -0.1) is 0 Å². The van der Waals surface area contributed by atoms with Crippen LogP contribution in [0.3, 0.4) is 0 Å². The highest BCUT2D eigenvalue weighted by molar-refractivity contribution is 5.97. The van der Waals surface area contributed by atoms with Crippen molar-refractivity contribution < 1.29 is 9.53 Å². The number of amides is 1. The third kappa shape index (κ3) is 4.85. The summed E-state index contributed by atoms with van der Waals surface area (Å²) in [5, 5.41) is 0. The number of anilines is 2. The molecule has 1 heterocycles. The topological polar surface area (TPSA) is 110 Å². The van der Waals surface area contributed by atoms with E-state index in [4.69, 9.17) is 10.5 Å². The standard InChI is InChI=1S/C23H26N4O4/c1-3-13-26(19(28)14-17-11-7-8-12-18(17)31-2)20-21(24)27(23(30)25-22(20)29)15-16-9-5-4-6-10-16/h4-12H,3,13-15,24H2,1-2H3,(H,25,29,30). The first-order chi connectivity index (χ1) is 15.0. The van der Waals surface area contributed by atoms with Crippen LogP contribution >= 0.6 is 0 Å². The predicted molar refractivity (Wildman–Crippen MR) is 121 cm³/mol. The van der Waals surface area contributed by atoms with E-state index >= 15 is 0 Å². The summed E-state index contributed by atoms with van der Waals surface area (Å²) in [4.78, 5) is 42.0. The van der Waals surface area contributed by atoms with Gasteiger partial charge < -0.3 is 15.4 Å². The summed E-state index contributed by atoms with van der Waals surface area (Å²) < 4.78 is 6.60. The molecule has 3 aromatic rings. The summed E-state index contributed by atoms with van der Waals surface area (Å²) in [5.41, 5.74) is 6.49. The number of hydrogen-bond donors (Lipinski definition) is 2. The van der Waals surface area contributed by atoms with Crippen molar-refractivity contribution in [3.63, 3.8) is 0 Å². The molecule has 1 amide bonds. The van der Waals surface area contributed by atoms with Gasteiger partial charge in [0.2, 0.25) is 5.91 Å². The lowest BCUT2D eigenvalue weighted by Crippen LogP contribution is -2.42. The number of aromatic amines is 1. The van der Waals surface area contributed by atoms with Gasteiger partial charge in [0, 0.05) is 12.1 Å². The molecule has 0 unspecified atom stereocenters. The molecule has 0 radical (unpaired) electrons. The maximum Gasteiger partial charge on any atom is 0.330 e. The molecule has 31 heavy (non-hydrogen) atoms. The number of nitrogens with zero attached hydrogens (tertiary/aromatic N) is 2. The summed E-state index contributed by atoms with van der Waals surface area (Å²) >= 11 is 0. The van der Waals surface area contributed by atoms with Gasteiger partial charge in [-0.1, -0.05) is 55.5 Å². The summed E-state index contributed by atoms with van der Waals surface area (Å²) in [5.74, 6) is 0.233. The zero-order valence-corrected chi connectivity index (χ0v) is 17.6. The van der Waals surface area contributed by atoms with E-state index in [1.54, 1.807) is 12.1 Å². The van der Waals surface area contributed by atoms with Crippen molar-refractivity contribution in [1.82, 2.24) is 9.55 Å². The molecule has 1 aromatic heterocycles. The van der Waals surface area contributed by atoms with E-state index in [0.29, 0.717) is 17.7 Å². The van der Waals surface area contributed by atoms with Crippen molar-refractivity contribution in [2.24, 2.45) is 0 Å². The van der Waals surface area contributed by atoms with Gasteiger partial charge in [0.05, 0.1) is 20.1 Å². The third-order valence-corrected chi connectivity index (χ3v) is 4.95. The molecular weight excluding hydrogens is 396 g/mol. The fourth-order valence-corrected chi connectivity index (χ4v) is 3.45. The fourth-order valence-electron chi connectivity index (χ4n) is 3.45. The number of rotatable bonds is 8. The van der Waals surface area contributed by atoms with Crippen LogP contribution in [-0.4, -0.2) is 29.1 Å². The van der Waals surface area contributed by atoms with E-state index in [1.807, 2.05) is 49.4 Å². The molecule has 0 atom stereocenters. The van der Waals surface area contributed by atoms with Gasteiger partial charge in [-0.25, -0.2) is 4.79 Å². The lowest BCUT2D eigenvalue weighted by atomic mass is 10.1. The molecule has 8 heteroatoms. The average Bonchev–Trinajstić information content (AvgIpc) is 2.77. The van der Waals surface area contributed by atoms with Gasteiger partial charge in [0.1, 0.15) is 11.6 Å². The monoisotopic (exact) mass is 422 g/mol. The Bertz CT molecular complexity index is 1170. The van der Waals surface area contributed by atoms with Crippen molar-refractivity contribution in [3.05, 3.63) is 86.6 Å². The first-order valence-corrected chi connectivity index (χ1v) is 10.0. The zero-order chi connectivity index (χ0) is 22.4. The van der Waals surface area contributed by atoms with Gasteiger partial charge in [0.15, 0.2) is 5.69 Å². The number of nitrogen functional groups attached to an aromatic ring is 1. The maximum atomic E-state index is 13.2. The minimum absolute atomic E-state index is 0.0164. The fraction of sp³-hybridized carbons (Fsp3) is 0.261. The third-order valence-electron chi connectivity index (χ3n) is 4.95. The number of carbonyl (C=O) groups excluding carboxylic acids is 1. The number of para-hydroxylation sites is 1. The van der Waals surface area contributed by atoms with Crippen LogP contribution in [0.25, 0.3) is 0 Å². The predicted octanol–water partition coefficient (Wildman–Crippen LogP) is 2.16. The van der Waals surface area contributed by atoms with Crippen molar-refractivity contribution in [3.8, 4) is 5.75 Å². The number of methoxy groups -OCH3 is 1. The van der Waals surface area contributed by atoms with Crippen LogP contribution in [0.2, 0.25) is 0 Å². The number of H-pyrrole nitrogens is 1. The molecule has 0 aliphatic rings. The van der Waals surface area contributed by atoms with Crippen LogP contribution in [0, 0.1) is 0 Å². The van der Waals surface area contributed by atoms with Gasteiger partial charge in [-0.05, 0) is 18.1 Å². The quantitative estimate of drug-likeness (QED) is 0.578. The number of benzene rings is 2. The molecule has 0 saturated carbocycles. The van der Waals surface area contributed by atoms with Gasteiger partial charge in [-0.2, -0.15) is 0 Å². The summed E-state index contributed by atoms with van der Waals surface area (Å²) in [7, 11) is 1.54. The normalized spacial score (nSPS) is 10.6. The van der Waals surface area contributed by atoms with Crippen LogP contribution < -0.4 is 26.6 Å². The Labute approximate surface area is 179 Å². The minimum Gasteiger partial charge on any atom is -0.496 e. The molecule has 162 valence electrons. The Morgan fingerprint density at radius 1 is 1.10 bits per heavy atom. The van der Waals surface area contributed by atoms with Crippen LogP contribution in [0.15, 0.2) is 64.2 Å². The molecule has 0 bridgehead atoms. The second kappa shape index (κ2) is 9.80. The van der Waals surface area contributed by atoms with Gasteiger partial charge in [-0.3, -0.25) is 19.1 Å². The smallest absolute Gasteiger partial charge is 0.330 e. The summed E-state index contributed by atoms with van der Waals surface area (Å²) in [6, 6.07) is 16.5. The van der Waals surface area contributed by atoms with Crippen LogP contribution in [0.1, 0.15) is 24.5 Å². The number of nitrogens with two attached hydrogens (primary N) is 1. The molecule has 0 spiro atoms. The number of carbonyl (C=O) groups is 1. The molecule has 2 aromatic carbocycles. The average molecular weight is 422 g/mol. The Morgan fingerprint density at radius 2 is 1.77 bits per heavy atom. The Balaban J connectivity index is 2.02. The molecule has 3 N–H and O–H groups in total. The largest absolute Gasteiger partial charge is 0.496 e. The maximum absolute atomic E-state index is 13.2. The highest BCUT2D eigenvalue weighted by Gasteiger charge is 2.24. The van der Waals surface area contributed by atoms with E-state index in [0.717, 1.165) is 5.56 Å². The summed E-state index contributed by atoms with van der Waals surface area (Å²) in [6.45, 7) is 2.36. The SMILES string of the molecule is CCCN(C(=O)Cc1ccccc1OC)c1c(N)n(Cc2ccccc2)c(=O)[nH]c1=O. The number of hydrogen-bond acceptors (Lipinski definition) is 5. The highest BCUT2D eigenvalue weighted by atomic mass is 16.5. The van der Waals surface area contributed by atoms with E-state index in [1.165, 1.54) is 16.6 Å². The van der Waals surface area contributed by atoms with E-state index in [2.05, 4.69) is 4.98 Å². The second-order valence-electron chi connectivity index (χ2n) is 7.10. The van der Waals surface area contributed by atoms with Crippen molar-refractivity contribution >= 4 is 17.4 Å². The highest BCUT2D eigenvalue weighted by Crippen LogP contribution is 2.22. The first kappa shape index (κ1) is 21.9. The van der Waals surface area contributed by atoms with Crippen LogP contribution in [0.4, 0.5) is 11.5 Å². The van der Waals surface area contributed by atoms with E-state index in [-0.39, 0.29) is 36.9 Å². The van der Waals surface area contributed by atoms with E-state index < -0.39 is 11.2 Å². The zero-order valence-electron chi connectivity index (χ0n) is 17.6. The molecular formula is C23H26N4O4. The second-order valence-corrected chi connectivity index (χ2v) is 7.10.